The zero-order valence-corrected chi connectivity index (χ0v) is 12.8. The van der Waals surface area contributed by atoms with E-state index in [0.29, 0.717) is 13.0 Å². The summed E-state index contributed by atoms with van der Waals surface area (Å²) in [5.74, 6) is -0.400. The third kappa shape index (κ3) is 3.54. The summed E-state index contributed by atoms with van der Waals surface area (Å²) in [6.45, 7) is 6.12. The summed E-state index contributed by atoms with van der Waals surface area (Å²) in [6, 6.07) is 7.54. The smallest absolute Gasteiger partial charge is 0.242 e. The van der Waals surface area contributed by atoms with E-state index in [0.717, 1.165) is 11.3 Å². The van der Waals surface area contributed by atoms with Crippen molar-refractivity contribution < 1.29 is 9.59 Å². The van der Waals surface area contributed by atoms with Gasteiger partial charge in [-0.05, 0) is 38.8 Å². The van der Waals surface area contributed by atoms with E-state index in [1.54, 1.807) is 6.92 Å². The Morgan fingerprint density at radius 1 is 1.38 bits per heavy atom. The first-order chi connectivity index (χ1) is 10.0. The van der Waals surface area contributed by atoms with Crippen LogP contribution in [0, 0.1) is 5.92 Å². The second kappa shape index (κ2) is 6.61. The third-order valence-corrected chi connectivity index (χ3v) is 3.88. The molecule has 2 rings (SSSR count). The summed E-state index contributed by atoms with van der Waals surface area (Å²) >= 11 is 0. The molecule has 3 atom stereocenters. The number of hydrogen-bond acceptors (Lipinski definition) is 3. The zero-order valence-electron chi connectivity index (χ0n) is 12.8. The van der Waals surface area contributed by atoms with E-state index in [9.17, 15) is 9.59 Å². The van der Waals surface area contributed by atoms with E-state index >= 15 is 0 Å². The Morgan fingerprint density at radius 3 is 2.81 bits per heavy atom. The lowest BCUT2D eigenvalue weighted by Crippen LogP contribution is -2.50. The van der Waals surface area contributed by atoms with Gasteiger partial charge in [-0.1, -0.05) is 18.2 Å². The number of fused-ring (bicyclic) bond motifs is 1. The van der Waals surface area contributed by atoms with Crippen LogP contribution in [0.15, 0.2) is 24.3 Å². The van der Waals surface area contributed by atoms with Crippen LogP contribution in [0.5, 0.6) is 0 Å². The number of amides is 2. The van der Waals surface area contributed by atoms with Crippen molar-refractivity contribution in [2.45, 2.75) is 39.3 Å². The molecular weight excluding hydrogens is 266 g/mol. The van der Waals surface area contributed by atoms with Crippen LogP contribution >= 0.6 is 0 Å². The summed E-state index contributed by atoms with van der Waals surface area (Å²) in [7, 11) is 0. The molecule has 1 aromatic rings. The van der Waals surface area contributed by atoms with Crippen LogP contribution in [0.4, 0.5) is 5.69 Å². The normalized spacial score (nSPS) is 21.7. The van der Waals surface area contributed by atoms with Crippen LogP contribution < -0.4 is 16.0 Å². The number of para-hydroxylation sites is 1. The number of carbonyl (C=O) groups is 2. The summed E-state index contributed by atoms with van der Waals surface area (Å²) in [5.41, 5.74) is 2.23. The number of benzene rings is 1. The van der Waals surface area contributed by atoms with Crippen LogP contribution in [0.3, 0.4) is 0 Å². The van der Waals surface area contributed by atoms with Gasteiger partial charge in [0.2, 0.25) is 11.8 Å². The molecule has 0 bridgehead atoms. The van der Waals surface area contributed by atoms with Crippen LogP contribution in [0.25, 0.3) is 0 Å². The van der Waals surface area contributed by atoms with E-state index in [1.807, 2.05) is 38.1 Å². The van der Waals surface area contributed by atoms with Gasteiger partial charge in [0, 0.05) is 18.3 Å². The second-order valence-corrected chi connectivity index (χ2v) is 5.53. The molecule has 1 heterocycles. The van der Waals surface area contributed by atoms with E-state index in [1.165, 1.54) is 0 Å². The van der Waals surface area contributed by atoms with Crippen molar-refractivity contribution in [2.75, 3.05) is 11.9 Å². The number of hydrogen-bond donors (Lipinski definition) is 3. The molecule has 0 saturated heterocycles. The highest BCUT2D eigenvalue weighted by molar-refractivity contribution is 5.89. The molecule has 5 heteroatoms. The Kier molecular flexibility index (Phi) is 4.83. The van der Waals surface area contributed by atoms with Crippen molar-refractivity contribution in [3.8, 4) is 0 Å². The van der Waals surface area contributed by atoms with Crippen molar-refractivity contribution >= 4 is 17.5 Å². The lowest BCUT2D eigenvalue weighted by Gasteiger charge is -2.32. The summed E-state index contributed by atoms with van der Waals surface area (Å²) in [6.07, 6.45) is 0.693. The van der Waals surface area contributed by atoms with Gasteiger partial charge in [-0.15, -0.1) is 0 Å². The van der Waals surface area contributed by atoms with Crippen LogP contribution in [0.2, 0.25) is 0 Å². The Balaban J connectivity index is 2.02. The largest absolute Gasteiger partial charge is 0.382 e. The van der Waals surface area contributed by atoms with Gasteiger partial charge in [-0.2, -0.15) is 0 Å². The fourth-order valence-electron chi connectivity index (χ4n) is 2.63. The Labute approximate surface area is 125 Å². The lowest BCUT2D eigenvalue weighted by atomic mass is 9.87. The maximum atomic E-state index is 12.4. The van der Waals surface area contributed by atoms with Gasteiger partial charge in [-0.25, -0.2) is 0 Å². The van der Waals surface area contributed by atoms with E-state index in [2.05, 4.69) is 16.0 Å². The quantitative estimate of drug-likeness (QED) is 0.782. The molecule has 0 fully saturated rings. The van der Waals surface area contributed by atoms with Crippen LogP contribution in [-0.4, -0.2) is 30.4 Å². The molecule has 1 aromatic carbocycles. The maximum Gasteiger partial charge on any atom is 0.242 e. The Morgan fingerprint density at radius 2 is 2.10 bits per heavy atom. The molecule has 1 aliphatic heterocycles. The molecule has 21 heavy (non-hydrogen) atoms. The Hall–Kier alpha value is -2.04. The highest BCUT2D eigenvalue weighted by Crippen LogP contribution is 2.28. The molecule has 0 radical (unpaired) electrons. The maximum absolute atomic E-state index is 12.4. The number of nitrogens with one attached hydrogen (secondary N) is 3. The van der Waals surface area contributed by atoms with Gasteiger partial charge >= 0.3 is 0 Å². The highest BCUT2D eigenvalue weighted by Gasteiger charge is 2.31. The van der Waals surface area contributed by atoms with Crippen molar-refractivity contribution in [2.24, 2.45) is 5.92 Å². The van der Waals surface area contributed by atoms with E-state index < -0.39 is 6.04 Å². The van der Waals surface area contributed by atoms with E-state index in [4.69, 9.17) is 0 Å². The number of likely N-dealkylation sites (N-methyl/N-ethyl adjacent to an activating group) is 1. The summed E-state index contributed by atoms with van der Waals surface area (Å²) < 4.78 is 0. The number of carbonyl (C=O) groups excluding carboxylic acids is 2. The number of rotatable bonds is 4. The van der Waals surface area contributed by atoms with Crippen molar-refractivity contribution in [3.63, 3.8) is 0 Å². The van der Waals surface area contributed by atoms with Crippen molar-refractivity contribution in [1.82, 2.24) is 10.6 Å². The van der Waals surface area contributed by atoms with Crippen molar-refractivity contribution in [1.29, 1.82) is 0 Å². The number of anilines is 1. The topological polar surface area (TPSA) is 70.2 Å². The standard InChI is InChI=1S/C16H23N3O2/c1-4-17-15(20)11(3)19-16(21)13-9-12-7-5-6-8-14(12)18-10(13)2/h5-8,10-11,13,18H,4,9H2,1-3H3,(H,17,20)(H,19,21). The summed E-state index contributed by atoms with van der Waals surface area (Å²) in [5, 5.41) is 8.87. The van der Waals surface area contributed by atoms with Gasteiger partial charge in [0.15, 0.2) is 0 Å². The fourth-order valence-corrected chi connectivity index (χ4v) is 2.63. The average molecular weight is 289 g/mol. The van der Waals surface area contributed by atoms with Crippen LogP contribution in [-0.2, 0) is 16.0 Å². The molecule has 5 nitrogen and oxygen atoms in total. The molecule has 3 N–H and O–H groups in total. The molecule has 114 valence electrons. The molecule has 3 unspecified atom stereocenters. The summed E-state index contributed by atoms with van der Waals surface area (Å²) in [4.78, 5) is 24.1. The molecule has 2 amide bonds. The fraction of sp³-hybridized carbons (Fsp3) is 0.500. The second-order valence-electron chi connectivity index (χ2n) is 5.53. The third-order valence-electron chi connectivity index (χ3n) is 3.88. The molecule has 0 aromatic heterocycles. The van der Waals surface area contributed by atoms with Gasteiger partial charge in [0.1, 0.15) is 6.04 Å². The SMILES string of the molecule is CCNC(=O)C(C)NC(=O)C1Cc2ccccc2NC1C. The predicted octanol–water partition coefficient (Wildman–Crippen LogP) is 1.30. The first-order valence-corrected chi connectivity index (χ1v) is 7.45. The lowest BCUT2D eigenvalue weighted by molar-refractivity contribution is -0.131. The van der Waals surface area contributed by atoms with Gasteiger partial charge < -0.3 is 16.0 Å². The minimum absolute atomic E-state index is 0.0429. The average Bonchev–Trinajstić information content (AvgIpc) is 2.46. The molecule has 0 aliphatic carbocycles. The van der Waals surface area contributed by atoms with Crippen molar-refractivity contribution in [3.05, 3.63) is 29.8 Å². The van der Waals surface area contributed by atoms with Gasteiger partial charge in [-0.3, -0.25) is 9.59 Å². The minimum Gasteiger partial charge on any atom is -0.382 e. The molecule has 1 aliphatic rings. The van der Waals surface area contributed by atoms with Crippen LogP contribution in [0.1, 0.15) is 26.3 Å². The zero-order chi connectivity index (χ0) is 15.4. The minimum atomic E-state index is -0.512. The monoisotopic (exact) mass is 289 g/mol. The first-order valence-electron chi connectivity index (χ1n) is 7.45. The van der Waals surface area contributed by atoms with Gasteiger partial charge in [0.25, 0.3) is 0 Å². The Bertz CT molecular complexity index is 530. The van der Waals surface area contributed by atoms with Gasteiger partial charge in [0.05, 0.1) is 5.92 Å². The van der Waals surface area contributed by atoms with E-state index in [-0.39, 0.29) is 23.8 Å². The molecule has 0 saturated carbocycles. The highest BCUT2D eigenvalue weighted by atomic mass is 16.2. The predicted molar refractivity (Wildman–Crippen MR) is 83.0 cm³/mol. The molecule has 0 spiro atoms. The molecular formula is C16H23N3O2. The first kappa shape index (κ1) is 15.4.